The number of aryl methyl sites for hydroxylation is 2. The molecule has 9 bridgehead atoms. The van der Waals surface area contributed by atoms with Gasteiger partial charge in [-0.05, 0) is 91.6 Å². The Labute approximate surface area is 263 Å². The van der Waals surface area contributed by atoms with Crippen molar-refractivity contribution < 1.29 is 32.0 Å². The molecule has 4 atom stereocenters. The summed E-state index contributed by atoms with van der Waals surface area (Å²) in [6.07, 6.45) is 1.40. The van der Waals surface area contributed by atoms with Gasteiger partial charge in [0.1, 0.15) is 17.0 Å². The van der Waals surface area contributed by atoms with Crippen LogP contribution >= 0.6 is 0 Å². The average molecular weight is 635 g/mol. The summed E-state index contributed by atoms with van der Waals surface area (Å²) in [5, 5.41) is 19.0. The van der Waals surface area contributed by atoms with Crippen LogP contribution in [0, 0.1) is 19.8 Å². The first-order chi connectivity index (χ1) is 21.6. The van der Waals surface area contributed by atoms with Crippen molar-refractivity contribution in [2.45, 2.75) is 65.1 Å². The zero-order valence-corrected chi connectivity index (χ0v) is 26.7. The highest BCUT2D eigenvalue weighted by molar-refractivity contribution is 7.84. The number of carboxylic acids is 1. The number of aromatic nitrogens is 3. The van der Waals surface area contributed by atoms with Gasteiger partial charge in [0, 0.05) is 38.3 Å². The zero-order chi connectivity index (χ0) is 31.9. The van der Waals surface area contributed by atoms with Crippen molar-refractivity contribution >= 4 is 27.3 Å². The van der Waals surface area contributed by atoms with E-state index in [0.717, 1.165) is 51.7 Å². The second kappa shape index (κ2) is 12.4. The molecule has 4 aromatic rings. The van der Waals surface area contributed by atoms with Gasteiger partial charge < -0.3 is 18.8 Å². The van der Waals surface area contributed by atoms with Gasteiger partial charge in [-0.25, -0.2) is 4.68 Å². The Hall–Kier alpha value is -4.00. The predicted molar refractivity (Wildman–Crippen MR) is 168 cm³/mol. The fourth-order valence-electron chi connectivity index (χ4n) is 6.55. The smallest absolute Gasteiger partial charge is 0.386 e. The fraction of sp³-hybridized carbons (Fsp3) is 0.424. The maximum atomic E-state index is 13.4. The van der Waals surface area contributed by atoms with E-state index < -0.39 is 28.2 Å². The van der Waals surface area contributed by atoms with Crippen molar-refractivity contribution in [3.63, 3.8) is 0 Å². The van der Waals surface area contributed by atoms with Crippen molar-refractivity contribution in [2.24, 2.45) is 5.92 Å². The number of nitrogens with zero attached hydrogens (tertiary/aromatic N) is 4. The number of benzene rings is 3. The minimum Gasteiger partial charge on any atom is -0.494 e. The molecule has 7 rings (SSSR count). The number of hydrogen-bond donors (Lipinski definition) is 1. The third kappa shape index (κ3) is 6.14. The summed E-state index contributed by atoms with van der Waals surface area (Å²) in [5.41, 5.74) is 6.45. The minimum absolute atomic E-state index is 0.108. The fourth-order valence-corrected chi connectivity index (χ4v) is 7.83. The van der Waals surface area contributed by atoms with E-state index in [0.29, 0.717) is 31.1 Å². The van der Waals surface area contributed by atoms with Crippen molar-refractivity contribution in [1.29, 1.82) is 0 Å². The number of methoxy groups -OCH3 is 1. The summed E-state index contributed by atoms with van der Waals surface area (Å²) in [5.74, 6) is -0.317. The van der Waals surface area contributed by atoms with Gasteiger partial charge in [0.05, 0.1) is 24.6 Å². The molecule has 12 heteroatoms. The topological polar surface area (TPSA) is 133 Å². The molecular weight excluding hydrogens is 596 g/mol. The Balaban J connectivity index is 1.50. The van der Waals surface area contributed by atoms with E-state index in [1.807, 2.05) is 61.9 Å². The third-order valence-electron chi connectivity index (χ3n) is 9.12. The summed E-state index contributed by atoms with van der Waals surface area (Å²) in [6, 6.07) is 14.3. The van der Waals surface area contributed by atoms with Crippen LogP contribution in [0.4, 0.5) is 0 Å². The van der Waals surface area contributed by atoms with Crippen molar-refractivity contribution in [2.75, 3.05) is 20.3 Å². The molecule has 3 aromatic carbocycles. The monoisotopic (exact) mass is 634 g/mol. The van der Waals surface area contributed by atoms with Crippen molar-refractivity contribution in [1.82, 2.24) is 19.3 Å². The second-order valence-electron chi connectivity index (χ2n) is 12.0. The average Bonchev–Trinajstić information content (AvgIpc) is 3.41. The van der Waals surface area contributed by atoms with E-state index >= 15 is 0 Å². The Morgan fingerprint density at radius 1 is 1.11 bits per heavy atom. The van der Waals surface area contributed by atoms with Gasteiger partial charge in [-0.15, -0.1) is 5.10 Å². The maximum absolute atomic E-state index is 13.4. The molecule has 1 N–H and O–H groups in total. The van der Waals surface area contributed by atoms with Crippen LogP contribution in [0.1, 0.15) is 71.5 Å². The van der Waals surface area contributed by atoms with Gasteiger partial charge in [-0.1, -0.05) is 29.5 Å². The zero-order valence-electron chi connectivity index (χ0n) is 25.9. The van der Waals surface area contributed by atoms with E-state index in [1.165, 1.54) is 4.31 Å². The van der Waals surface area contributed by atoms with E-state index in [2.05, 4.69) is 10.3 Å². The molecule has 3 aliphatic heterocycles. The Morgan fingerprint density at radius 3 is 2.71 bits per heavy atom. The van der Waals surface area contributed by atoms with Crippen molar-refractivity contribution in [3.8, 4) is 11.5 Å². The van der Waals surface area contributed by atoms with Gasteiger partial charge in [0.15, 0.2) is 0 Å². The normalized spacial score (nSPS) is 22.7. The largest absolute Gasteiger partial charge is 0.494 e. The molecule has 2 unspecified atom stereocenters. The summed E-state index contributed by atoms with van der Waals surface area (Å²) < 4.78 is 47.1. The number of fused-ring (bicyclic) bond motifs is 5. The van der Waals surface area contributed by atoms with Gasteiger partial charge in [-0.3, -0.25) is 4.79 Å². The summed E-state index contributed by atoms with van der Waals surface area (Å²) >= 11 is 0. The second-order valence-corrected chi connectivity index (χ2v) is 13.5. The molecule has 0 radical (unpaired) electrons. The van der Waals surface area contributed by atoms with Crippen LogP contribution < -0.4 is 8.92 Å². The number of ether oxygens (including phenoxy) is 2. The van der Waals surface area contributed by atoms with E-state index in [9.17, 15) is 18.3 Å². The first kappa shape index (κ1) is 31.0. The quantitative estimate of drug-likeness (QED) is 0.311. The summed E-state index contributed by atoms with van der Waals surface area (Å²) in [7, 11) is -2.42. The Morgan fingerprint density at radius 2 is 1.93 bits per heavy atom. The molecule has 1 aromatic heterocycles. The van der Waals surface area contributed by atoms with Gasteiger partial charge in [-0.2, -0.15) is 12.7 Å². The van der Waals surface area contributed by atoms with E-state index in [4.69, 9.17) is 13.7 Å². The van der Waals surface area contributed by atoms with Crippen LogP contribution in [0.25, 0.3) is 11.0 Å². The van der Waals surface area contributed by atoms with Gasteiger partial charge in [0.2, 0.25) is 0 Å². The molecule has 0 spiro atoms. The molecule has 0 saturated heterocycles. The highest BCUT2D eigenvalue weighted by atomic mass is 32.2. The molecule has 0 fully saturated rings. The highest BCUT2D eigenvalue weighted by Gasteiger charge is 2.37. The molecule has 238 valence electrons. The third-order valence-corrected chi connectivity index (χ3v) is 10.5. The highest BCUT2D eigenvalue weighted by Crippen LogP contribution is 2.40. The summed E-state index contributed by atoms with van der Waals surface area (Å²) in [4.78, 5) is 12.2. The molecule has 3 aliphatic rings. The molecule has 0 saturated carbocycles. The van der Waals surface area contributed by atoms with Crippen LogP contribution in [-0.2, 0) is 32.9 Å². The summed E-state index contributed by atoms with van der Waals surface area (Å²) in [6.45, 7) is 7.47. The van der Waals surface area contributed by atoms with E-state index in [-0.39, 0.29) is 24.6 Å². The number of hydrogen-bond acceptors (Lipinski definition) is 8. The number of aliphatic carboxylic acids is 1. The molecule has 0 amide bonds. The van der Waals surface area contributed by atoms with Gasteiger partial charge >= 0.3 is 16.3 Å². The lowest BCUT2D eigenvalue weighted by molar-refractivity contribution is -0.137. The van der Waals surface area contributed by atoms with E-state index in [1.54, 1.807) is 19.2 Å². The van der Waals surface area contributed by atoms with Crippen LogP contribution in [-0.4, -0.2) is 59.1 Å². The molecule has 45 heavy (non-hydrogen) atoms. The maximum Gasteiger partial charge on any atom is 0.386 e. The Bertz CT molecular complexity index is 1860. The lowest BCUT2D eigenvalue weighted by atomic mass is 9.83. The number of carbonyl (C=O) groups is 1. The first-order valence-corrected chi connectivity index (χ1v) is 16.5. The number of rotatable bonds is 5. The van der Waals surface area contributed by atoms with Crippen LogP contribution in [0.5, 0.6) is 11.5 Å². The molecular formula is C33H38N4O7S. The Kier molecular flexibility index (Phi) is 8.55. The molecule has 0 aliphatic carbocycles. The van der Waals surface area contributed by atoms with Crippen LogP contribution in [0.3, 0.4) is 0 Å². The molecule has 4 heterocycles. The van der Waals surface area contributed by atoms with Crippen LogP contribution in [0.15, 0.2) is 48.5 Å². The predicted octanol–water partition coefficient (Wildman–Crippen LogP) is 5.29. The minimum atomic E-state index is -4.10. The molecule has 11 nitrogen and oxygen atoms in total. The van der Waals surface area contributed by atoms with Crippen molar-refractivity contribution in [3.05, 3.63) is 81.9 Å². The lowest BCUT2D eigenvalue weighted by Gasteiger charge is -2.33. The standard InChI is InChI=1S/C33H38N4O7S/c1-20-5-6-24-16-28(20)22(3)37-19-25-15-26(7-10-31(25)44-45(37,40)41)43-14-12-23(11-13-42-4)18-36-30-9-8-27(29(24)17-32(38)39)21(2)33(30)34-35-36/h5-10,15-16,22-23,29H,11-14,17-19H2,1-4H3,(H,38,39)/t22-,23?,29+/m1/s1. The first-order valence-electron chi connectivity index (χ1n) is 15.2. The van der Waals surface area contributed by atoms with Crippen LogP contribution in [0.2, 0.25) is 0 Å². The van der Waals surface area contributed by atoms with Gasteiger partial charge in [0.25, 0.3) is 0 Å². The number of carboxylic acid groups (broad SMARTS) is 1. The lowest BCUT2D eigenvalue weighted by Crippen LogP contribution is -2.39. The SMILES string of the molecule is COCCC1CCOc2ccc3c(c2)CN([C@H](C)c2cc(ccc2C)[C@H](CC(=O)O)c2ccc4c(nnn4C1)c2C)S(=O)(=O)O3.